The molecule has 3 N–H and O–H groups in total. The first-order chi connectivity index (χ1) is 9.54. The molecular formula is C14H22BrNO4. The molecule has 1 rings (SSSR count). The van der Waals surface area contributed by atoms with Gasteiger partial charge in [-0.15, -0.1) is 0 Å². The molecule has 0 saturated carbocycles. The van der Waals surface area contributed by atoms with Crippen molar-refractivity contribution >= 4 is 15.9 Å². The van der Waals surface area contributed by atoms with Crippen LogP contribution in [0.3, 0.4) is 0 Å². The molecule has 1 aromatic carbocycles. The summed E-state index contributed by atoms with van der Waals surface area (Å²) in [4.78, 5) is 0. The van der Waals surface area contributed by atoms with Crippen molar-refractivity contribution in [3.63, 3.8) is 0 Å². The van der Waals surface area contributed by atoms with Gasteiger partial charge in [-0.05, 0) is 25.1 Å². The van der Waals surface area contributed by atoms with Crippen LogP contribution in [0.2, 0.25) is 0 Å². The fraction of sp³-hybridized carbons (Fsp3) is 0.571. The maximum Gasteiger partial charge on any atom is 0.124 e. The molecule has 1 aromatic rings. The monoisotopic (exact) mass is 347 g/mol. The summed E-state index contributed by atoms with van der Waals surface area (Å²) in [5.74, 6) is 0.680. The van der Waals surface area contributed by atoms with E-state index in [9.17, 15) is 5.11 Å². The molecule has 20 heavy (non-hydrogen) atoms. The van der Waals surface area contributed by atoms with E-state index in [2.05, 4.69) is 15.9 Å². The van der Waals surface area contributed by atoms with E-state index in [1.165, 1.54) is 0 Å². The standard InChI is InChI=1S/C14H22BrNO4/c1-10(16)13-7-11(15)3-4-14(13)20-9-12(17)8-19-6-5-18-2/h3-4,7,10,12,17H,5-6,8-9,16H2,1-2H3/t10-,12?/m0/s1. The van der Waals surface area contributed by atoms with Gasteiger partial charge in [0, 0.05) is 23.2 Å². The molecule has 0 aliphatic rings. The lowest BCUT2D eigenvalue weighted by Gasteiger charge is -2.17. The fourth-order valence-corrected chi connectivity index (χ4v) is 1.98. The van der Waals surface area contributed by atoms with Gasteiger partial charge in [0.25, 0.3) is 0 Å². The quantitative estimate of drug-likeness (QED) is 0.667. The van der Waals surface area contributed by atoms with Gasteiger partial charge in [-0.2, -0.15) is 0 Å². The van der Waals surface area contributed by atoms with Crippen molar-refractivity contribution in [1.29, 1.82) is 0 Å². The Balaban J connectivity index is 2.44. The molecule has 5 nitrogen and oxygen atoms in total. The van der Waals surface area contributed by atoms with Crippen LogP contribution in [0.15, 0.2) is 22.7 Å². The maximum absolute atomic E-state index is 9.76. The zero-order valence-corrected chi connectivity index (χ0v) is 13.4. The van der Waals surface area contributed by atoms with Crippen LogP contribution in [0.4, 0.5) is 0 Å². The van der Waals surface area contributed by atoms with Crippen molar-refractivity contribution < 1.29 is 19.3 Å². The Labute approximate surface area is 128 Å². The van der Waals surface area contributed by atoms with Crippen LogP contribution in [0, 0.1) is 0 Å². The zero-order chi connectivity index (χ0) is 15.0. The molecular weight excluding hydrogens is 326 g/mol. The molecule has 0 bridgehead atoms. The van der Waals surface area contributed by atoms with Crippen LogP contribution in [0.25, 0.3) is 0 Å². The normalized spacial score (nSPS) is 14.1. The third-order valence-corrected chi connectivity index (χ3v) is 3.13. The van der Waals surface area contributed by atoms with Gasteiger partial charge < -0.3 is 25.1 Å². The summed E-state index contributed by atoms with van der Waals surface area (Å²) >= 11 is 3.40. The van der Waals surface area contributed by atoms with Crippen molar-refractivity contribution in [1.82, 2.24) is 0 Å². The number of halogens is 1. The highest BCUT2D eigenvalue weighted by Gasteiger charge is 2.11. The predicted octanol–water partition coefficient (Wildman–Crippen LogP) is 1.87. The SMILES string of the molecule is COCCOCC(O)COc1ccc(Br)cc1[C@H](C)N. The van der Waals surface area contributed by atoms with Crippen LogP contribution in [-0.2, 0) is 9.47 Å². The fourth-order valence-electron chi connectivity index (χ4n) is 1.60. The van der Waals surface area contributed by atoms with Crippen molar-refractivity contribution in [2.45, 2.75) is 19.1 Å². The van der Waals surface area contributed by atoms with Gasteiger partial charge in [-0.25, -0.2) is 0 Å². The third kappa shape index (κ3) is 6.19. The third-order valence-electron chi connectivity index (χ3n) is 2.64. The molecule has 6 heteroatoms. The number of aliphatic hydroxyl groups is 1. The first-order valence-corrected chi connectivity index (χ1v) is 7.26. The van der Waals surface area contributed by atoms with E-state index in [4.69, 9.17) is 19.9 Å². The Morgan fingerprint density at radius 3 is 2.70 bits per heavy atom. The largest absolute Gasteiger partial charge is 0.490 e. The van der Waals surface area contributed by atoms with Gasteiger partial charge in [0.05, 0.1) is 19.8 Å². The van der Waals surface area contributed by atoms with Crippen LogP contribution in [-0.4, -0.2) is 44.7 Å². The molecule has 2 atom stereocenters. The molecule has 1 unspecified atom stereocenters. The Kier molecular flexibility index (Phi) is 8.09. The van der Waals surface area contributed by atoms with Gasteiger partial charge in [-0.3, -0.25) is 0 Å². The van der Waals surface area contributed by atoms with Crippen molar-refractivity contribution in [3.8, 4) is 5.75 Å². The minimum Gasteiger partial charge on any atom is -0.490 e. The molecule has 0 spiro atoms. The minimum atomic E-state index is -0.684. The lowest BCUT2D eigenvalue weighted by Crippen LogP contribution is -2.25. The second-order valence-electron chi connectivity index (χ2n) is 4.50. The maximum atomic E-state index is 9.76. The van der Waals surface area contributed by atoms with E-state index >= 15 is 0 Å². The Morgan fingerprint density at radius 1 is 1.30 bits per heavy atom. The highest BCUT2D eigenvalue weighted by atomic mass is 79.9. The van der Waals surface area contributed by atoms with Crippen LogP contribution in [0.1, 0.15) is 18.5 Å². The second kappa shape index (κ2) is 9.31. The molecule has 0 fully saturated rings. The first kappa shape index (κ1) is 17.4. The number of nitrogens with two attached hydrogens (primary N) is 1. The van der Waals surface area contributed by atoms with E-state index in [-0.39, 0.29) is 19.3 Å². The summed E-state index contributed by atoms with van der Waals surface area (Å²) in [5, 5.41) is 9.76. The van der Waals surface area contributed by atoms with E-state index in [1.54, 1.807) is 7.11 Å². The highest BCUT2D eigenvalue weighted by molar-refractivity contribution is 9.10. The smallest absolute Gasteiger partial charge is 0.124 e. The molecule has 0 aliphatic heterocycles. The van der Waals surface area contributed by atoms with Crippen molar-refractivity contribution in [2.24, 2.45) is 5.73 Å². The summed E-state index contributed by atoms with van der Waals surface area (Å²) in [7, 11) is 1.60. The van der Waals surface area contributed by atoms with Gasteiger partial charge in [0.2, 0.25) is 0 Å². The Bertz CT molecular complexity index is 401. The van der Waals surface area contributed by atoms with Crippen LogP contribution in [0.5, 0.6) is 5.75 Å². The number of benzene rings is 1. The number of hydrogen-bond donors (Lipinski definition) is 2. The molecule has 0 aromatic heterocycles. The average molecular weight is 348 g/mol. The Morgan fingerprint density at radius 2 is 2.05 bits per heavy atom. The van der Waals surface area contributed by atoms with Gasteiger partial charge in [0.1, 0.15) is 18.5 Å². The zero-order valence-electron chi connectivity index (χ0n) is 11.8. The van der Waals surface area contributed by atoms with Crippen molar-refractivity contribution in [2.75, 3.05) is 33.5 Å². The summed E-state index contributed by atoms with van der Waals surface area (Å²) in [5.41, 5.74) is 6.80. The number of rotatable bonds is 9. The summed E-state index contributed by atoms with van der Waals surface area (Å²) in [6.07, 6.45) is -0.684. The second-order valence-corrected chi connectivity index (χ2v) is 5.42. The number of hydrogen-bond acceptors (Lipinski definition) is 5. The van der Waals surface area contributed by atoms with E-state index in [0.29, 0.717) is 19.0 Å². The summed E-state index contributed by atoms with van der Waals surface area (Å²) in [6.45, 7) is 3.23. The summed E-state index contributed by atoms with van der Waals surface area (Å²) in [6, 6.07) is 5.49. The molecule has 0 radical (unpaired) electrons. The van der Waals surface area contributed by atoms with Gasteiger partial charge in [0.15, 0.2) is 0 Å². The summed E-state index contributed by atoms with van der Waals surface area (Å²) < 4.78 is 16.6. The van der Waals surface area contributed by atoms with E-state index in [1.807, 2.05) is 25.1 Å². The number of ether oxygens (including phenoxy) is 3. The van der Waals surface area contributed by atoms with Gasteiger partial charge >= 0.3 is 0 Å². The van der Waals surface area contributed by atoms with Crippen LogP contribution >= 0.6 is 15.9 Å². The first-order valence-electron chi connectivity index (χ1n) is 6.47. The number of aliphatic hydroxyl groups excluding tert-OH is 1. The molecule has 0 aliphatic carbocycles. The van der Waals surface area contributed by atoms with E-state index in [0.717, 1.165) is 10.0 Å². The van der Waals surface area contributed by atoms with Gasteiger partial charge in [-0.1, -0.05) is 15.9 Å². The van der Waals surface area contributed by atoms with Crippen LogP contribution < -0.4 is 10.5 Å². The lowest BCUT2D eigenvalue weighted by molar-refractivity contribution is -0.00435. The molecule has 0 saturated heterocycles. The molecule has 0 amide bonds. The highest BCUT2D eigenvalue weighted by Crippen LogP contribution is 2.27. The van der Waals surface area contributed by atoms with E-state index < -0.39 is 6.10 Å². The Hall–Kier alpha value is -0.660. The molecule has 0 heterocycles. The lowest BCUT2D eigenvalue weighted by atomic mass is 10.1. The van der Waals surface area contributed by atoms with Crippen molar-refractivity contribution in [3.05, 3.63) is 28.2 Å². The molecule has 114 valence electrons. The minimum absolute atomic E-state index is 0.141. The number of methoxy groups -OCH3 is 1. The average Bonchev–Trinajstić information content (AvgIpc) is 2.42. The topological polar surface area (TPSA) is 73.9 Å². The predicted molar refractivity (Wildman–Crippen MR) is 80.9 cm³/mol.